The molecule has 1 heteroatoms. The smallest absolute Gasteiger partial charge is 0.00649 e. The minimum atomic E-state index is 0.795. The molecule has 0 radical (unpaired) electrons. The van der Waals surface area contributed by atoms with Crippen molar-refractivity contribution in [3.8, 4) is 0 Å². The van der Waals surface area contributed by atoms with Gasteiger partial charge in [-0.3, -0.25) is 0 Å². The zero-order valence-corrected chi connectivity index (χ0v) is 11.1. The van der Waals surface area contributed by atoms with E-state index in [0.29, 0.717) is 0 Å². The lowest BCUT2D eigenvalue weighted by atomic mass is 9.91. The average Bonchev–Trinajstić information content (AvgIpc) is 3.00. The number of benzene rings is 1. The highest BCUT2D eigenvalue weighted by atomic mass is 79.9. The summed E-state index contributed by atoms with van der Waals surface area (Å²) in [6.07, 6.45) is 1.39. The van der Waals surface area contributed by atoms with Crippen molar-refractivity contribution in [1.29, 1.82) is 0 Å². The van der Waals surface area contributed by atoms with Crippen LogP contribution < -0.4 is 0 Å². The molecule has 0 bridgehead atoms. The minimum Gasteiger partial charge on any atom is -0.0925 e. The highest BCUT2D eigenvalue weighted by Crippen LogP contribution is 2.53. The van der Waals surface area contributed by atoms with Crippen molar-refractivity contribution < 1.29 is 0 Å². The molecule has 0 heterocycles. The van der Waals surface area contributed by atoms with E-state index < -0.39 is 0 Å². The fraction of sp³-hybridized carbons (Fsp3) is 0.571. The number of alkyl halides is 1. The van der Waals surface area contributed by atoms with E-state index in [1.165, 1.54) is 12.0 Å². The monoisotopic (exact) mass is 266 g/mol. The van der Waals surface area contributed by atoms with E-state index in [1.54, 1.807) is 0 Å². The van der Waals surface area contributed by atoms with Crippen molar-refractivity contribution >= 4 is 15.9 Å². The molecule has 0 N–H and O–H groups in total. The van der Waals surface area contributed by atoms with E-state index in [9.17, 15) is 0 Å². The summed E-state index contributed by atoms with van der Waals surface area (Å²) in [5.41, 5.74) is 1.54. The summed E-state index contributed by atoms with van der Waals surface area (Å²) in [5, 5.41) is 1.15. The Morgan fingerprint density at radius 1 is 1.27 bits per heavy atom. The van der Waals surface area contributed by atoms with E-state index in [4.69, 9.17) is 0 Å². The van der Waals surface area contributed by atoms with Gasteiger partial charge in [0.25, 0.3) is 0 Å². The molecule has 1 aromatic rings. The molecule has 0 aliphatic heterocycles. The Bertz CT molecular complexity index is 304. The van der Waals surface area contributed by atoms with E-state index in [1.807, 2.05) is 0 Å². The first-order valence-corrected chi connectivity index (χ1v) is 6.97. The molecule has 0 aromatic heterocycles. The topological polar surface area (TPSA) is 0 Å². The third kappa shape index (κ3) is 2.44. The van der Waals surface area contributed by atoms with Crippen LogP contribution in [0, 0.1) is 17.8 Å². The Kier molecular flexibility index (Phi) is 3.50. The highest BCUT2D eigenvalue weighted by Gasteiger charge is 2.43. The minimum absolute atomic E-state index is 0.795. The van der Waals surface area contributed by atoms with Crippen LogP contribution in [0.25, 0.3) is 0 Å². The molecule has 0 spiro atoms. The van der Waals surface area contributed by atoms with Crippen molar-refractivity contribution in [1.82, 2.24) is 0 Å². The van der Waals surface area contributed by atoms with Gasteiger partial charge in [0.1, 0.15) is 0 Å². The van der Waals surface area contributed by atoms with Crippen LogP contribution in [-0.2, 0) is 0 Å². The SMILES string of the molecule is CC(C)C(CBr)C1CC1c1ccccc1. The van der Waals surface area contributed by atoms with E-state index in [-0.39, 0.29) is 0 Å². The summed E-state index contributed by atoms with van der Waals surface area (Å²) < 4.78 is 0. The van der Waals surface area contributed by atoms with Crippen molar-refractivity contribution in [2.45, 2.75) is 26.2 Å². The summed E-state index contributed by atoms with van der Waals surface area (Å²) in [6.45, 7) is 4.68. The maximum Gasteiger partial charge on any atom is 0.00649 e. The van der Waals surface area contributed by atoms with Crippen molar-refractivity contribution in [2.24, 2.45) is 17.8 Å². The first kappa shape index (κ1) is 11.2. The number of halogens is 1. The molecule has 1 aliphatic rings. The van der Waals surface area contributed by atoms with Crippen LogP contribution >= 0.6 is 15.9 Å². The van der Waals surface area contributed by atoms with E-state index >= 15 is 0 Å². The Labute approximate surface area is 101 Å². The number of rotatable bonds is 4. The standard InChI is InChI=1S/C14H19Br/c1-10(2)14(9-15)13-8-12(13)11-6-4-3-5-7-11/h3-7,10,12-14H,8-9H2,1-2H3. The van der Waals surface area contributed by atoms with Crippen molar-refractivity contribution in [3.05, 3.63) is 35.9 Å². The second-order valence-electron chi connectivity index (χ2n) is 4.98. The van der Waals surface area contributed by atoms with Crippen LogP contribution in [0.15, 0.2) is 30.3 Å². The maximum atomic E-state index is 3.66. The Hall–Kier alpha value is -0.300. The zero-order chi connectivity index (χ0) is 10.8. The Balaban J connectivity index is 2.01. The fourth-order valence-corrected chi connectivity index (χ4v) is 3.79. The first-order chi connectivity index (χ1) is 7.24. The predicted molar refractivity (Wildman–Crippen MR) is 69.4 cm³/mol. The summed E-state index contributed by atoms with van der Waals surface area (Å²) in [4.78, 5) is 0. The van der Waals surface area contributed by atoms with Gasteiger partial charge in [0, 0.05) is 5.33 Å². The van der Waals surface area contributed by atoms with Crippen molar-refractivity contribution in [2.75, 3.05) is 5.33 Å². The lowest BCUT2D eigenvalue weighted by molar-refractivity contribution is 0.375. The fourth-order valence-electron chi connectivity index (χ4n) is 2.56. The van der Waals surface area contributed by atoms with Gasteiger partial charge in [0.05, 0.1) is 0 Å². The predicted octanol–water partition coefficient (Wildman–Crippen LogP) is 4.46. The van der Waals surface area contributed by atoms with Gasteiger partial charge in [0.2, 0.25) is 0 Å². The zero-order valence-electron chi connectivity index (χ0n) is 9.49. The van der Waals surface area contributed by atoms with Gasteiger partial charge in [-0.25, -0.2) is 0 Å². The molecule has 1 aromatic carbocycles. The van der Waals surface area contributed by atoms with Gasteiger partial charge in [0.15, 0.2) is 0 Å². The van der Waals surface area contributed by atoms with Gasteiger partial charge in [-0.05, 0) is 35.7 Å². The van der Waals surface area contributed by atoms with Crippen LogP contribution in [0.5, 0.6) is 0 Å². The van der Waals surface area contributed by atoms with Crippen LogP contribution in [-0.4, -0.2) is 5.33 Å². The lowest BCUT2D eigenvalue weighted by Crippen LogP contribution is -2.13. The molecule has 1 saturated carbocycles. The van der Waals surface area contributed by atoms with Gasteiger partial charge < -0.3 is 0 Å². The van der Waals surface area contributed by atoms with Crippen LogP contribution in [0.4, 0.5) is 0 Å². The van der Waals surface area contributed by atoms with Crippen LogP contribution in [0.1, 0.15) is 31.7 Å². The van der Waals surface area contributed by atoms with Gasteiger partial charge >= 0.3 is 0 Å². The Morgan fingerprint density at radius 3 is 2.47 bits per heavy atom. The molecule has 15 heavy (non-hydrogen) atoms. The van der Waals surface area contributed by atoms with Gasteiger partial charge in [-0.15, -0.1) is 0 Å². The summed E-state index contributed by atoms with van der Waals surface area (Å²) in [5.74, 6) is 3.38. The quantitative estimate of drug-likeness (QED) is 0.707. The van der Waals surface area contributed by atoms with Crippen molar-refractivity contribution in [3.63, 3.8) is 0 Å². The molecule has 1 fully saturated rings. The normalized spacial score (nSPS) is 26.7. The molecule has 0 amide bonds. The van der Waals surface area contributed by atoms with Crippen LogP contribution in [0.3, 0.4) is 0 Å². The molecule has 0 nitrogen and oxygen atoms in total. The highest BCUT2D eigenvalue weighted by molar-refractivity contribution is 9.09. The van der Waals surface area contributed by atoms with Gasteiger partial charge in [-0.2, -0.15) is 0 Å². The molecular formula is C14H19Br. The third-order valence-corrected chi connectivity index (χ3v) is 4.40. The van der Waals surface area contributed by atoms with Gasteiger partial charge in [-0.1, -0.05) is 60.1 Å². The van der Waals surface area contributed by atoms with E-state index in [2.05, 4.69) is 60.1 Å². The first-order valence-electron chi connectivity index (χ1n) is 5.85. The Morgan fingerprint density at radius 2 is 1.93 bits per heavy atom. The molecule has 3 unspecified atom stereocenters. The summed E-state index contributed by atoms with van der Waals surface area (Å²) >= 11 is 3.66. The second kappa shape index (κ2) is 4.69. The molecular weight excluding hydrogens is 248 g/mol. The van der Waals surface area contributed by atoms with E-state index in [0.717, 1.165) is 29.0 Å². The molecule has 2 rings (SSSR count). The third-order valence-electron chi connectivity index (χ3n) is 3.65. The maximum absolute atomic E-state index is 3.66. The summed E-state index contributed by atoms with van der Waals surface area (Å²) in [6, 6.07) is 11.0. The molecule has 82 valence electrons. The summed E-state index contributed by atoms with van der Waals surface area (Å²) in [7, 11) is 0. The molecule has 1 aliphatic carbocycles. The lowest BCUT2D eigenvalue weighted by Gasteiger charge is -2.18. The average molecular weight is 267 g/mol. The molecule has 0 saturated heterocycles. The molecule has 3 atom stereocenters. The largest absolute Gasteiger partial charge is 0.0925 e. The number of hydrogen-bond acceptors (Lipinski definition) is 0. The second-order valence-corrected chi connectivity index (χ2v) is 5.63. The van der Waals surface area contributed by atoms with Crippen LogP contribution in [0.2, 0.25) is 0 Å². The number of hydrogen-bond donors (Lipinski definition) is 0.